The molecule has 10 nitrogen and oxygen atoms in total. The van der Waals surface area contributed by atoms with Gasteiger partial charge in [0.2, 0.25) is 11.8 Å². The van der Waals surface area contributed by atoms with Gasteiger partial charge in [-0.3, -0.25) is 9.80 Å². The number of anilines is 1. The average molecular weight is 641 g/mol. The van der Waals surface area contributed by atoms with Crippen LogP contribution < -0.4 is 9.64 Å². The topological polar surface area (TPSA) is 101 Å². The molecule has 0 aromatic carbocycles. The fraction of sp³-hybridized carbons (Fsp3) is 0.607. The molecule has 3 fully saturated rings. The lowest BCUT2D eigenvalue weighted by atomic mass is 10.1. The van der Waals surface area contributed by atoms with E-state index in [9.17, 15) is 21.6 Å². The van der Waals surface area contributed by atoms with Crippen LogP contribution in [0.25, 0.3) is 21.5 Å². The molecule has 2 aliphatic heterocycles. The van der Waals surface area contributed by atoms with Gasteiger partial charge >= 0.3 is 6.18 Å². The molecule has 3 aromatic heterocycles. The molecule has 0 atom stereocenters. The highest BCUT2D eigenvalue weighted by Crippen LogP contribution is 2.40. The van der Waals surface area contributed by atoms with E-state index in [1.54, 1.807) is 17.5 Å². The van der Waals surface area contributed by atoms with Crippen molar-refractivity contribution in [2.24, 2.45) is 0 Å². The first-order valence-corrected chi connectivity index (χ1v) is 16.9. The highest BCUT2D eigenvalue weighted by Gasteiger charge is 2.36. The SMILES string of the molecule is COc1ncc(-c2nc(N3CCOCC3)nc3c(CN4CCN(CC(F)(F)F)CC4)c(C)sc23)cc1CS(=O)(=O)C1CC1. The minimum absolute atomic E-state index is 0.152. The fourth-order valence-corrected chi connectivity index (χ4v) is 8.51. The molecule has 1 saturated carbocycles. The van der Waals surface area contributed by atoms with Gasteiger partial charge in [0.25, 0.3) is 0 Å². The zero-order valence-electron chi connectivity index (χ0n) is 24.2. The number of nitrogens with zero attached hydrogens (tertiary/aromatic N) is 6. The summed E-state index contributed by atoms with van der Waals surface area (Å²) in [6, 6.07) is 1.81. The third kappa shape index (κ3) is 6.90. The molecule has 6 rings (SSSR count). The number of thiophene rings is 1. The Labute approximate surface area is 252 Å². The van der Waals surface area contributed by atoms with Crippen LogP contribution in [0.3, 0.4) is 0 Å². The molecule has 0 N–H and O–H groups in total. The van der Waals surface area contributed by atoms with E-state index in [0.717, 1.165) is 20.7 Å². The number of hydrogen-bond donors (Lipinski definition) is 0. The molecule has 3 aromatic rings. The maximum absolute atomic E-state index is 12.9. The Morgan fingerprint density at radius 2 is 1.77 bits per heavy atom. The number of fused-ring (bicyclic) bond motifs is 1. The predicted molar refractivity (Wildman–Crippen MR) is 158 cm³/mol. The Morgan fingerprint density at radius 1 is 1.07 bits per heavy atom. The number of ether oxygens (including phenoxy) is 2. The van der Waals surface area contributed by atoms with Crippen molar-refractivity contribution in [3.63, 3.8) is 0 Å². The van der Waals surface area contributed by atoms with Crippen LogP contribution in [0.5, 0.6) is 5.88 Å². The van der Waals surface area contributed by atoms with Gasteiger partial charge in [0.15, 0.2) is 9.84 Å². The Morgan fingerprint density at radius 3 is 2.42 bits per heavy atom. The van der Waals surface area contributed by atoms with Gasteiger partial charge in [-0.05, 0) is 25.8 Å². The number of morpholine rings is 1. The normalized spacial score (nSPS) is 19.3. The molecule has 2 saturated heterocycles. The second kappa shape index (κ2) is 12.1. The van der Waals surface area contributed by atoms with Crippen molar-refractivity contribution in [3.8, 4) is 17.1 Å². The van der Waals surface area contributed by atoms with E-state index in [2.05, 4.69) is 14.8 Å². The molecule has 234 valence electrons. The minimum atomic E-state index is -4.20. The first kappa shape index (κ1) is 30.4. The zero-order valence-corrected chi connectivity index (χ0v) is 25.8. The van der Waals surface area contributed by atoms with Gasteiger partial charge < -0.3 is 14.4 Å². The van der Waals surface area contributed by atoms with Crippen molar-refractivity contribution in [2.45, 2.75) is 43.5 Å². The Bertz CT molecular complexity index is 1580. The van der Waals surface area contributed by atoms with Crippen LogP contribution in [-0.4, -0.2) is 111 Å². The maximum Gasteiger partial charge on any atom is 0.401 e. The second-order valence-corrected chi connectivity index (χ2v) is 14.9. The number of pyridine rings is 1. The summed E-state index contributed by atoms with van der Waals surface area (Å²) in [6.07, 6.45) is -1.18. The number of piperazine rings is 1. The Kier molecular flexibility index (Phi) is 8.54. The van der Waals surface area contributed by atoms with Crippen LogP contribution in [-0.2, 0) is 26.9 Å². The van der Waals surface area contributed by atoms with Gasteiger partial charge in [-0.1, -0.05) is 0 Å². The monoisotopic (exact) mass is 640 g/mol. The maximum atomic E-state index is 12.9. The summed E-state index contributed by atoms with van der Waals surface area (Å²) in [6.45, 7) is 5.85. The van der Waals surface area contributed by atoms with Gasteiger partial charge in [0.05, 0.1) is 53.8 Å². The van der Waals surface area contributed by atoms with Crippen molar-refractivity contribution in [1.29, 1.82) is 0 Å². The molecular formula is C28H35F3N6O4S2. The third-order valence-corrected chi connectivity index (χ3v) is 11.5. The molecule has 0 radical (unpaired) electrons. The first-order valence-electron chi connectivity index (χ1n) is 14.4. The summed E-state index contributed by atoms with van der Waals surface area (Å²) >= 11 is 1.57. The summed E-state index contributed by atoms with van der Waals surface area (Å²) < 4.78 is 76.3. The van der Waals surface area contributed by atoms with E-state index < -0.39 is 22.6 Å². The van der Waals surface area contributed by atoms with Gasteiger partial charge in [-0.25, -0.2) is 23.4 Å². The van der Waals surface area contributed by atoms with Gasteiger partial charge in [-0.2, -0.15) is 13.2 Å². The standard InChI is InChI=1S/C28H35F3N6O4S2/c1-18-22(15-35-5-7-36(8-6-35)17-28(29,30)31)24-25(42-18)23(33-27(34-24)37-9-11-41-12-10-37)19-13-20(26(40-2)32-14-19)16-43(38,39)21-3-4-21/h13-14,21H,3-12,15-17H2,1-2H3. The lowest BCUT2D eigenvalue weighted by Gasteiger charge is -2.35. The zero-order chi connectivity index (χ0) is 30.4. The number of aryl methyl sites for hydroxylation is 1. The van der Waals surface area contributed by atoms with Gasteiger partial charge in [-0.15, -0.1) is 11.3 Å². The summed E-state index contributed by atoms with van der Waals surface area (Å²) in [5.41, 5.74) is 3.67. The first-order chi connectivity index (χ1) is 20.5. The second-order valence-electron chi connectivity index (χ2n) is 11.4. The van der Waals surface area contributed by atoms with Crippen molar-refractivity contribution in [2.75, 3.05) is 71.0 Å². The van der Waals surface area contributed by atoms with Gasteiger partial charge in [0.1, 0.15) is 0 Å². The summed E-state index contributed by atoms with van der Waals surface area (Å²) in [4.78, 5) is 21.2. The lowest BCUT2D eigenvalue weighted by Crippen LogP contribution is -2.48. The fourth-order valence-electron chi connectivity index (χ4n) is 5.67. The molecule has 1 aliphatic carbocycles. The van der Waals surface area contributed by atoms with Crippen molar-refractivity contribution in [1.82, 2.24) is 24.8 Å². The third-order valence-electron chi connectivity index (χ3n) is 8.14. The summed E-state index contributed by atoms with van der Waals surface area (Å²) in [5.74, 6) is 0.684. The molecule has 0 unspecified atom stereocenters. The number of rotatable bonds is 9. The quantitative estimate of drug-likeness (QED) is 0.345. The predicted octanol–water partition coefficient (Wildman–Crippen LogP) is 3.66. The number of hydrogen-bond acceptors (Lipinski definition) is 11. The summed E-state index contributed by atoms with van der Waals surface area (Å²) in [5, 5.41) is -0.308. The van der Waals surface area contributed by atoms with E-state index in [-0.39, 0.29) is 16.9 Å². The van der Waals surface area contributed by atoms with Crippen LogP contribution in [0.15, 0.2) is 12.3 Å². The van der Waals surface area contributed by atoms with Crippen molar-refractivity contribution < 1.29 is 31.1 Å². The molecular weight excluding hydrogens is 605 g/mol. The highest BCUT2D eigenvalue weighted by molar-refractivity contribution is 7.91. The van der Waals surface area contributed by atoms with Crippen LogP contribution in [0.1, 0.15) is 28.8 Å². The lowest BCUT2D eigenvalue weighted by molar-refractivity contribution is -0.149. The number of aromatic nitrogens is 3. The van der Waals surface area contributed by atoms with E-state index in [1.165, 1.54) is 12.0 Å². The smallest absolute Gasteiger partial charge is 0.401 e. The molecule has 0 amide bonds. The minimum Gasteiger partial charge on any atom is -0.481 e. The van der Waals surface area contributed by atoms with Crippen molar-refractivity contribution >= 4 is 37.3 Å². The number of alkyl halides is 3. The summed E-state index contributed by atoms with van der Waals surface area (Å²) in [7, 11) is -1.84. The Hall–Kier alpha value is -2.59. The molecule has 3 aliphatic rings. The molecule has 0 bridgehead atoms. The van der Waals surface area contributed by atoms with E-state index in [0.29, 0.717) is 94.6 Å². The van der Waals surface area contributed by atoms with Crippen LogP contribution >= 0.6 is 11.3 Å². The van der Waals surface area contributed by atoms with Crippen LogP contribution in [0.4, 0.5) is 19.1 Å². The molecule has 15 heteroatoms. The van der Waals surface area contributed by atoms with Gasteiger partial charge in [0, 0.05) is 73.6 Å². The molecule has 43 heavy (non-hydrogen) atoms. The van der Waals surface area contributed by atoms with Crippen LogP contribution in [0, 0.1) is 6.92 Å². The van der Waals surface area contributed by atoms with E-state index in [4.69, 9.17) is 19.4 Å². The van der Waals surface area contributed by atoms with E-state index >= 15 is 0 Å². The van der Waals surface area contributed by atoms with E-state index in [1.807, 2.05) is 13.0 Å². The van der Waals surface area contributed by atoms with Crippen LogP contribution in [0.2, 0.25) is 0 Å². The Balaban J connectivity index is 1.37. The average Bonchev–Trinajstić information content (AvgIpc) is 3.79. The largest absolute Gasteiger partial charge is 0.481 e. The molecule has 5 heterocycles. The number of methoxy groups -OCH3 is 1. The number of sulfone groups is 1. The number of halogens is 3. The van der Waals surface area contributed by atoms with Crippen molar-refractivity contribution in [3.05, 3.63) is 28.3 Å². The highest BCUT2D eigenvalue weighted by atomic mass is 32.2. The molecule has 0 spiro atoms.